The van der Waals surface area contributed by atoms with Crippen molar-refractivity contribution >= 4 is 34.2 Å². The zero-order valence-corrected chi connectivity index (χ0v) is 17.8. The number of aromatic nitrogens is 1. The molecule has 1 fully saturated rings. The van der Waals surface area contributed by atoms with Gasteiger partial charge in [0.05, 0.1) is 5.69 Å². The molecule has 2 aromatic carbocycles. The summed E-state index contributed by atoms with van der Waals surface area (Å²) in [5.41, 5.74) is 0.740. The highest BCUT2D eigenvalue weighted by molar-refractivity contribution is 6.03. The Morgan fingerprint density at radius 2 is 1.84 bits per heavy atom. The first-order valence-corrected chi connectivity index (χ1v) is 10.9. The number of amides is 3. The van der Waals surface area contributed by atoms with Crippen LogP contribution < -0.4 is 10.6 Å². The Morgan fingerprint density at radius 3 is 2.61 bits per heavy atom. The van der Waals surface area contributed by atoms with E-state index in [1.54, 1.807) is 17.9 Å². The maximum absolute atomic E-state index is 13.2. The van der Waals surface area contributed by atoms with Crippen LogP contribution in [0.25, 0.3) is 10.8 Å². The highest BCUT2D eigenvalue weighted by atomic mass is 16.5. The van der Waals surface area contributed by atoms with Gasteiger partial charge in [0, 0.05) is 18.0 Å². The van der Waals surface area contributed by atoms with E-state index < -0.39 is 0 Å². The second-order valence-corrected chi connectivity index (χ2v) is 8.21. The molecule has 1 aliphatic rings. The third kappa shape index (κ3) is 5.42. The Kier molecular flexibility index (Phi) is 6.50. The number of carbonyl (C=O) groups excluding carboxylic acids is 2. The zero-order valence-electron chi connectivity index (χ0n) is 17.8. The van der Waals surface area contributed by atoms with E-state index in [2.05, 4.69) is 15.8 Å². The lowest BCUT2D eigenvalue weighted by molar-refractivity contribution is -0.116. The summed E-state index contributed by atoms with van der Waals surface area (Å²) in [6, 6.07) is 15.1. The fraction of sp³-hybridized carbons (Fsp3) is 0.375. The number of fused-ring (bicyclic) bond motifs is 1. The predicted molar refractivity (Wildman–Crippen MR) is 121 cm³/mol. The van der Waals surface area contributed by atoms with Gasteiger partial charge in [-0.2, -0.15) is 0 Å². The minimum absolute atomic E-state index is 0.0427. The zero-order chi connectivity index (χ0) is 21.6. The van der Waals surface area contributed by atoms with Gasteiger partial charge >= 0.3 is 6.03 Å². The minimum atomic E-state index is -0.294. The Balaban J connectivity index is 1.49. The second-order valence-electron chi connectivity index (χ2n) is 8.21. The van der Waals surface area contributed by atoms with E-state index >= 15 is 0 Å². The number of hydrogen-bond acceptors (Lipinski definition) is 4. The van der Waals surface area contributed by atoms with Crippen molar-refractivity contribution in [2.75, 3.05) is 23.7 Å². The number of carbonyl (C=O) groups is 2. The molecule has 7 nitrogen and oxygen atoms in total. The van der Waals surface area contributed by atoms with Crippen LogP contribution in [0, 0.1) is 12.8 Å². The minimum Gasteiger partial charge on any atom is -0.360 e. The average molecular weight is 421 g/mol. The number of hydrogen-bond donors (Lipinski definition) is 2. The molecule has 1 heterocycles. The molecule has 1 aliphatic carbocycles. The van der Waals surface area contributed by atoms with E-state index in [4.69, 9.17) is 4.52 Å². The van der Waals surface area contributed by atoms with Gasteiger partial charge in [-0.1, -0.05) is 60.8 Å². The molecular weight excluding hydrogens is 392 g/mol. The van der Waals surface area contributed by atoms with Crippen LogP contribution in [0.4, 0.5) is 16.3 Å². The summed E-state index contributed by atoms with van der Waals surface area (Å²) < 4.78 is 5.00. The van der Waals surface area contributed by atoms with Crippen LogP contribution in [0.5, 0.6) is 0 Å². The third-order valence-corrected chi connectivity index (χ3v) is 5.75. The Hall–Kier alpha value is -3.35. The van der Waals surface area contributed by atoms with Crippen LogP contribution in [0.3, 0.4) is 0 Å². The van der Waals surface area contributed by atoms with Crippen molar-refractivity contribution in [3.8, 4) is 0 Å². The summed E-state index contributed by atoms with van der Waals surface area (Å²) >= 11 is 0. The van der Waals surface area contributed by atoms with Crippen LogP contribution in [0.1, 0.15) is 37.9 Å². The van der Waals surface area contributed by atoms with E-state index in [0.29, 0.717) is 24.0 Å². The van der Waals surface area contributed by atoms with Crippen molar-refractivity contribution in [1.82, 2.24) is 10.1 Å². The molecule has 0 aliphatic heterocycles. The van der Waals surface area contributed by atoms with Gasteiger partial charge in [0.15, 0.2) is 5.82 Å². The summed E-state index contributed by atoms with van der Waals surface area (Å²) in [7, 11) is 0. The maximum Gasteiger partial charge on any atom is 0.322 e. The number of benzene rings is 2. The van der Waals surface area contributed by atoms with Crippen molar-refractivity contribution in [1.29, 1.82) is 0 Å². The number of urea groups is 1. The largest absolute Gasteiger partial charge is 0.360 e. The Labute approximate surface area is 181 Å². The first-order chi connectivity index (χ1) is 15.1. The van der Waals surface area contributed by atoms with E-state index in [1.165, 1.54) is 19.3 Å². The molecule has 31 heavy (non-hydrogen) atoms. The van der Waals surface area contributed by atoms with Crippen molar-refractivity contribution in [3.63, 3.8) is 0 Å². The number of aryl methyl sites for hydroxylation is 1. The summed E-state index contributed by atoms with van der Waals surface area (Å²) in [4.78, 5) is 27.5. The summed E-state index contributed by atoms with van der Waals surface area (Å²) in [6.45, 7) is 2.27. The molecule has 0 atom stereocenters. The molecule has 3 amide bonds. The van der Waals surface area contributed by atoms with Crippen LogP contribution >= 0.6 is 0 Å². The molecule has 7 heteroatoms. The van der Waals surface area contributed by atoms with Crippen molar-refractivity contribution < 1.29 is 14.1 Å². The molecule has 162 valence electrons. The molecule has 3 aromatic rings. The lowest BCUT2D eigenvalue weighted by Gasteiger charge is -2.29. The first-order valence-electron chi connectivity index (χ1n) is 10.9. The van der Waals surface area contributed by atoms with E-state index in [-0.39, 0.29) is 18.5 Å². The van der Waals surface area contributed by atoms with E-state index in [0.717, 1.165) is 29.3 Å². The van der Waals surface area contributed by atoms with Gasteiger partial charge in [0.1, 0.15) is 12.3 Å². The summed E-state index contributed by atoms with van der Waals surface area (Å²) in [5, 5.41) is 11.6. The Morgan fingerprint density at radius 1 is 1.06 bits per heavy atom. The van der Waals surface area contributed by atoms with Crippen LogP contribution in [-0.2, 0) is 4.79 Å². The molecule has 0 bridgehead atoms. The average Bonchev–Trinajstić information content (AvgIpc) is 3.18. The normalized spacial score (nSPS) is 14.4. The predicted octanol–water partition coefficient (Wildman–Crippen LogP) is 5.19. The highest BCUT2D eigenvalue weighted by Gasteiger charge is 2.24. The standard InChI is InChI=1S/C24H28N4O3/c1-17-14-22(27-31-17)26-23(29)16-28(15-18-8-3-2-4-9-18)24(30)25-21-13-7-11-19-10-5-6-12-20(19)21/h5-7,10-14,18H,2-4,8-9,15-16H2,1H3,(H,25,30)(H,26,27,29). The van der Waals surface area contributed by atoms with Crippen LogP contribution in [0.2, 0.25) is 0 Å². The van der Waals surface area contributed by atoms with Gasteiger partial charge in [-0.05, 0) is 37.1 Å². The molecule has 2 N–H and O–H groups in total. The molecule has 0 unspecified atom stereocenters. The lowest BCUT2D eigenvalue weighted by atomic mass is 9.89. The topological polar surface area (TPSA) is 87.5 Å². The maximum atomic E-state index is 13.2. The van der Waals surface area contributed by atoms with Crippen molar-refractivity contribution in [2.45, 2.75) is 39.0 Å². The van der Waals surface area contributed by atoms with E-state index in [9.17, 15) is 9.59 Å². The first kappa shape index (κ1) is 20.9. The van der Waals surface area contributed by atoms with Gasteiger partial charge in [-0.15, -0.1) is 0 Å². The Bertz CT molecular complexity index is 1050. The molecule has 0 radical (unpaired) electrons. The molecular formula is C24H28N4O3. The van der Waals surface area contributed by atoms with Gasteiger partial charge in [-0.25, -0.2) is 4.79 Å². The lowest BCUT2D eigenvalue weighted by Crippen LogP contribution is -2.43. The molecule has 1 aromatic heterocycles. The van der Waals surface area contributed by atoms with Gasteiger partial charge < -0.3 is 20.1 Å². The fourth-order valence-corrected chi connectivity index (χ4v) is 4.21. The van der Waals surface area contributed by atoms with Crippen molar-refractivity contribution in [3.05, 3.63) is 54.3 Å². The fourth-order valence-electron chi connectivity index (χ4n) is 4.21. The smallest absolute Gasteiger partial charge is 0.322 e. The number of rotatable bonds is 6. The number of nitrogens with zero attached hydrogens (tertiary/aromatic N) is 2. The summed E-state index contributed by atoms with van der Waals surface area (Å²) in [6.07, 6.45) is 5.76. The van der Waals surface area contributed by atoms with Crippen molar-refractivity contribution in [2.24, 2.45) is 5.92 Å². The van der Waals surface area contributed by atoms with Gasteiger partial charge in [0.2, 0.25) is 5.91 Å². The molecule has 0 spiro atoms. The number of nitrogens with one attached hydrogen (secondary N) is 2. The van der Waals surface area contributed by atoms with Gasteiger partial charge in [-0.3, -0.25) is 4.79 Å². The van der Waals surface area contributed by atoms with Crippen LogP contribution in [0.15, 0.2) is 53.1 Å². The monoisotopic (exact) mass is 420 g/mol. The quantitative estimate of drug-likeness (QED) is 0.574. The molecule has 1 saturated carbocycles. The second kappa shape index (κ2) is 9.64. The number of anilines is 2. The summed E-state index contributed by atoms with van der Waals surface area (Å²) in [5.74, 6) is 1.09. The van der Waals surface area contributed by atoms with Gasteiger partial charge in [0.25, 0.3) is 0 Å². The van der Waals surface area contributed by atoms with Crippen LogP contribution in [-0.4, -0.2) is 35.1 Å². The third-order valence-electron chi connectivity index (χ3n) is 5.75. The SMILES string of the molecule is Cc1cc(NC(=O)CN(CC2CCCCC2)C(=O)Nc2cccc3ccccc23)no1. The molecule has 4 rings (SSSR count). The molecule has 0 saturated heterocycles. The highest BCUT2D eigenvalue weighted by Crippen LogP contribution is 2.26. The van der Waals surface area contributed by atoms with E-state index in [1.807, 2.05) is 42.5 Å².